The van der Waals surface area contributed by atoms with Gasteiger partial charge in [-0.1, -0.05) is 13.3 Å². The van der Waals surface area contributed by atoms with Gasteiger partial charge in [0.25, 0.3) is 0 Å². The summed E-state index contributed by atoms with van der Waals surface area (Å²) in [7, 11) is 0. The second kappa shape index (κ2) is 4.74. The van der Waals surface area contributed by atoms with Crippen molar-refractivity contribution >= 4 is 5.97 Å². The first-order valence-corrected chi connectivity index (χ1v) is 6.52. The molecule has 0 aromatic heterocycles. The second-order valence-electron chi connectivity index (χ2n) is 5.35. The van der Waals surface area contributed by atoms with E-state index in [0.717, 1.165) is 32.3 Å². The zero-order chi connectivity index (χ0) is 11.6. The normalized spacial score (nSPS) is 39.1. The van der Waals surface area contributed by atoms with E-state index in [-0.39, 0.29) is 5.60 Å². The molecule has 1 aliphatic heterocycles. The van der Waals surface area contributed by atoms with Gasteiger partial charge in [-0.3, -0.25) is 4.79 Å². The lowest BCUT2D eigenvalue weighted by molar-refractivity contribution is -0.139. The maximum atomic E-state index is 10.7. The molecule has 0 amide bonds. The molecule has 0 bridgehead atoms. The molecular formula is C13H22O3. The summed E-state index contributed by atoms with van der Waals surface area (Å²) in [5.41, 5.74) is 0.115. The first kappa shape index (κ1) is 11.9. The van der Waals surface area contributed by atoms with E-state index in [0.29, 0.717) is 18.3 Å². The molecule has 2 fully saturated rings. The van der Waals surface area contributed by atoms with Crippen LogP contribution < -0.4 is 0 Å². The van der Waals surface area contributed by atoms with E-state index in [2.05, 4.69) is 6.92 Å². The second-order valence-corrected chi connectivity index (χ2v) is 5.35. The van der Waals surface area contributed by atoms with Gasteiger partial charge in [0.2, 0.25) is 0 Å². The number of hydrogen-bond donors (Lipinski definition) is 1. The third kappa shape index (κ3) is 2.24. The Labute approximate surface area is 97.2 Å². The van der Waals surface area contributed by atoms with Crippen LogP contribution in [0.25, 0.3) is 0 Å². The van der Waals surface area contributed by atoms with Crippen LogP contribution in [0.5, 0.6) is 0 Å². The van der Waals surface area contributed by atoms with Crippen LogP contribution in [0.3, 0.4) is 0 Å². The molecule has 1 saturated carbocycles. The quantitative estimate of drug-likeness (QED) is 0.805. The van der Waals surface area contributed by atoms with Gasteiger partial charge in [0.05, 0.1) is 5.60 Å². The van der Waals surface area contributed by atoms with Crippen LogP contribution in [-0.4, -0.2) is 23.3 Å². The topological polar surface area (TPSA) is 46.5 Å². The van der Waals surface area contributed by atoms with Gasteiger partial charge < -0.3 is 9.84 Å². The molecule has 16 heavy (non-hydrogen) atoms. The summed E-state index contributed by atoms with van der Waals surface area (Å²) >= 11 is 0. The van der Waals surface area contributed by atoms with E-state index < -0.39 is 5.97 Å². The summed E-state index contributed by atoms with van der Waals surface area (Å²) in [6.45, 7) is 3.15. The van der Waals surface area contributed by atoms with Crippen LogP contribution in [0.15, 0.2) is 0 Å². The molecule has 0 aromatic rings. The summed E-state index contributed by atoms with van der Waals surface area (Å²) in [6, 6.07) is 0. The summed E-state index contributed by atoms with van der Waals surface area (Å²) in [4.78, 5) is 10.7. The lowest BCUT2D eigenvalue weighted by Gasteiger charge is -2.40. The average Bonchev–Trinajstić information content (AvgIpc) is 2.64. The SMILES string of the molecule is CCC1CCOC12CCC(CC(=O)O)CC2. The van der Waals surface area contributed by atoms with Crippen LogP contribution in [0.1, 0.15) is 51.9 Å². The van der Waals surface area contributed by atoms with E-state index in [1.165, 1.54) is 12.8 Å². The summed E-state index contributed by atoms with van der Waals surface area (Å²) in [6.07, 6.45) is 6.94. The van der Waals surface area contributed by atoms with Crippen molar-refractivity contribution in [2.75, 3.05) is 6.61 Å². The van der Waals surface area contributed by atoms with Gasteiger partial charge in [0.1, 0.15) is 0 Å². The fourth-order valence-electron chi connectivity index (χ4n) is 3.53. The molecule has 1 saturated heterocycles. The summed E-state index contributed by atoms with van der Waals surface area (Å²) in [5.74, 6) is 0.434. The first-order chi connectivity index (χ1) is 7.66. The van der Waals surface area contributed by atoms with Crippen LogP contribution >= 0.6 is 0 Å². The Kier molecular flexibility index (Phi) is 3.53. The monoisotopic (exact) mass is 226 g/mol. The fourth-order valence-corrected chi connectivity index (χ4v) is 3.53. The van der Waals surface area contributed by atoms with Crippen LogP contribution in [0, 0.1) is 11.8 Å². The molecule has 2 aliphatic rings. The fraction of sp³-hybridized carbons (Fsp3) is 0.923. The summed E-state index contributed by atoms with van der Waals surface area (Å²) < 4.78 is 5.99. The van der Waals surface area contributed by atoms with E-state index in [1.807, 2.05) is 0 Å². The van der Waals surface area contributed by atoms with E-state index in [1.54, 1.807) is 0 Å². The van der Waals surface area contributed by atoms with Gasteiger partial charge in [-0.25, -0.2) is 0 Å². The highest BCUT2D eigenvalue weighted by molar-refractivity contribution is 5.67. The maximum Gasteiger partial charge on any atom is 0.303 e. The molecule has 0 radical (unpaired) electrons. The number of hydrogen-bond acceptors (Lipinski definition) is 2. The van der Waals surface area contributed by atoms with Crippen molar-refractivity contribution in [1.82, 2.24) is 0 Å². The molecule has 2 rings (SSSR count). The standard InChI is InChI=1S/C13H22O3/c1-2-11-5-8-16-13(11)6-3-10(4-7-13)9-12(14)15/h10-11H,2-9H2,1H3,(H,14,15). The third-order valence-electron chi connectivity index (χ3n) is 4.51. The molecule has 92 valence electrons. The van der Waals surface area contributed by atoms with Crippen molar-refractivity contribution in [3.8, 4) is 0 Å². The van der Waals surface area contributed by atoms with Gasteiger partial charge in [0.15, 0.2) is 0 Å². The first-order valence-electron chi connectivity index (χ1n) is 6.52. The largest absolute Gasteiger partial charge is 0.481 e. The number of ether oxygens (including phenoxy) is 1. The molecule has 1 N–H and O–H groups in total. The highest BCUT2D eigenvalue weighted by Crippen LogP contribution is 2.46. The van der Waals surface area contributed by atoms with Crippen molar-refractivity contribution in [3.63, 3.8) is 0 Å². The molecule has 1 atom stereocenters. The lowest BCUT2D eigenvalue weighted by atomic mass is 9.71. The Morgan fingerprint density at radius 1 is 1.38 bits per heavy atom. The van der Waals surface area contributed by atoms with E-state index in [4.69, 9.17) is 9.84 Å². The molecule has 1 unspecified atom stereocenters. The molecule has 1 aliphatic carbocycles. The Balaban J connectivity index is 1.90. The van der Waals surface area contributed by atoms with Crippen LogP contribution in [0.4, 0.5) is 0 Å². The maximum absolute atomic E-state index is 10.7. The van der Waals surface area contributed by atoms with Gasteiger partial charge in [0, 0.05) is 13.0 Å². The van der Waals surface area contributed by atoms with Gasteiger partial charge in [-0.2, -0.15) is 0 Å². The van der Waals surface area contributed by atoms with Gasteiger partial charge in [-0.05, 0) is 43.9 Å². The Hall–Kier alpha value is -0.570. The molecule has 3 heteroatoms. The van der Waals surface area contributed by atoms with Crippen LogP contribution in [-0.2, 0) is 9.53 Å². The van der Waals surface area contributed by atoms with Crippen molar-refractivity contribution < 1.29 is 14.6 Å². The van der Waals surface area contributed by atoms with E-state index in [9.17, 15) is 4.79 Å². The smallest absolute Gasteiger partial charge is 0.303 e. The van der Waals surface area contributed by atoms with Crippen molar-refractivity contribution in [1.29, 1.82) is 0 Å². The minimum atomic E-state index is -0.652. The number of carboxylic acids is 1. The minimum absolute atomic E-state index is 0.115. The molecule has 3 nitrogen and oxygen atoms in total. The predicted molar refractivity (Wildman–Crippen MR) is 61.3 cm³/mol. The minimum Gasteiger partial charge on any atom is -0.481 e. The molecular weight excluding hydrogens is 204 g/mol. The van der Waals surface area contributed by atoms with Crippen LogP contribution in [0.2, 0.25) is 0 Å². The van der Waals surface area contributed by atoms with Crippen molar-refractivity contribution in [2.45, 2.75) is 57.5 Å². The Bertz CT molecular complexity index is 254. The third-order valence-corrected chi connectivity index (χ3v) is 4.51. The zero-order valence-electron chi connectivity index (χ0n) is 10.1. The van der Waals surface area contributed by atoms with E-state index >= 15 is 0 Å². The molecule has 0 aromatic carbocycles. The Morgan fingerprint density at radius 3 is 2.62 bits per heavy atom. The number of carbonyl (C=O) groups is 1. The Morgan fingerprint density at radius 2 is 2.06 bits per heavy atom. The van der Waals surface area contributed by atoms with Gasteiger partial charge in [-0.15, -0.1) is 0 Å². The number of rotatable bonds is 3. The number of carboxylic acid groups (broad SMARTS) is 1. The lowest BCUT2D eigenvalue weighted by Crippen LogP contribution is -2.39. The zero-order valence-corrected chi connectivity index (χ0v) is 10.1. The van der Waals surface area contributed by atoms with Gasteiger partial charge >= 0.3 is 5.97 Å². The highest BCUT2D eigenvalue weighted by atomic mass is 16.5. The number of aliphatic carboxylic acids is 1. The van der Waals surface area contributed by atoms with Crippen molar-refractivity contribution in [2.24, 2.45) is 11.8 Å². The predicted octanol–water partition coefficient (Wildman–Crippen LogP) is 2.84. The molecule has 1 heterocycles. The molecule has 1 spiro atoms. The average molecular weight is 226 g/mol. The summed E-state index contributed by atoms with van der Waals surface area (Å²) in [5, 5.41) is 8.79. The highest BCUT2D eigenvalue weighted by Gasteiger charge is 2.45. The van der Waals surface area contributed by atoms with Crippen molar-refractivity contribution in [3.05, 3.63) is 0 Å².